The fourth-order valence-electron chi connectivity index (χ4n) is 1.06. The third-order valence-corrected chi connectivity index (χ3v) is 1.69. The first-order valence-corrected chi connectivity index (χ1v) is 4.15. The van der Waals surface area contributed by atoms with Gasteiger partial charge in [-0.2, -0.15) is 0 Å². The maximum atomic E-state index is 10.9. The lowest BCUT2D eigenvalue weighted by molar-refractivity contribution is 0.517. The van der Waals surface area contributed by atoms with Crippen LogP contribution in [0.4, 0.5) is 5.82 Å². The SMILES string of the molecule is O=c1cncc(NCc2ccco2)[nH]1. The van der Waals surface area contributed by atoms with Gasteiger partial charge in [0.2, 0.25) is 0 Å². The van der Waals surface area contributed by atoms with E-state index in [2.05, 4.69) is 15.3 Å². The topological polar surface area (TPSA) is 70.9 Å². The van der Waals surface area contributed by atoms with Gasteiger partial charge >= 0.3 is 0 Å². The van der Waals surface area contributed by atoms with E-state index < -0.39 is 0 Å². The highest BCUT2D eigenvalue weighted by Crippen LogP contribution is 2.03. The highest BCUT2D eigenvalue weighted by molar-refractivity contribution is 5.30. The quantitative estimate of drug-likeness (QED) is 0.758. The van der Waals surface area contributed by atoms with Crippen molar-refractivity contribution in [2.24, 2.45) is 0 Å². The standard InChI is InChI=1S/C9H9N3O2/c13-9-6-10-5-8(12-9)11-4-7-2-1-3-14-7/h1-3,5-6H,4H2,(H2,11,12,13). The molecule has 2 rings (SSSR count). The van der Waals surface area contributed by atoms with Gasteiger partial charge in [0.1, 0.15) is 11.6 Å². The molecule has 0 aliphatic heterocycles. The van der Waals surface area contributed by atoms with Crippen LogP contribution in [-0.2, 0) is 6.54 Å². The first-order chi connectivity index (χ1) is 6.84. The molecule has 0 aliphatic carbocycles. The van der Waals surface area contributed by atoms with Crippen molar-refractivity contribution in [3.63, 3.8) is 0 Å². The fourth-order valence-corrected chi connectivity index (χ4v) is 1.06. The number of anilines is 1. The van der Waals surface area contributed by atoms with E-state index in [1.807, 2.05) is 12.1 Å². The first-order valence-electron chi connectivity index (χ1n) is 4.15. The fraction of sp³-hybridized carbons (Fsp3) is 0.111. The average molecular weight is 191 g/mol. The molecule has 0 fully saturated rings. The average Bonchev–Trinajstić information content (AvgIpc) is 2.67. The summed E-state index contributed by atoms with van der Waals surface area (Å²) in [6.07, 6.45) is 4.37. The predicted molar refractivity (Wildman–Crippen MR) is 50.9 cm³/mol. The molecule has 0 radical (unpaired) electrons. The second-order valence-corrected chi connectivity index (χ2v) is 2.74. The van der Waals surface area contributed by atoms with Crippen LogP contribution in [0, 0.1) is 0 Å². The molecule has 2 aromatic heterocycles. The van der Waals surface area contributed by atoms with E-state index in [9.17, 15) is 4.79 Å². The molecular weight excluding hydrogens is 182 g/mol. The van der Waals surface area contributed by atoms with Gasteiger partial charge in [-0.15, -0.1) is 0 Å². The van der Waals surface area contributed by atoms with E-state index in [-0.39, 0.29) is 5.56 Å². The minimum Gasteiger partial charge on any atom is -0.467 e. The van der Waals surface area contributed by atoms with Crippen molar-refractivity contribution in [2.75, 3.05) is 5.32 Å². The number of furan rings is 1. The van der Waals surface area contributed by atoms with Gasteiger partial charge in [-0.3, -0.25) is 9.78 Å². The van der Waals surface area contributed by atoms with E-state index >= 15 is 0 Å². The van der Waals surface area contributed by atoms with Crippen LogP contribution in [0.5, 0.6) is 0 Å². The molecule has 0 saturated carbocycles. The second kappa shape index (κ2) is 3.78. The Morgan fingerprint density at radius 2 is 2.43 bits per heavy atom. The number of aromatic nitrogens is 2. The van der Waals surface area contributed by atoms with Crippen LogP contribution in [0.1, 0.15) is 5.76 Å². The lowest BCUT2D eigenvalue weighted by atomic mass is 10.4. The van der Waals surface area contributed by atoms with Crippen LogP contribution < -0.4 is 10.9 Å². The number of nitrogens with one attached hydrogen (secondary N) is 2. The van der Waals surface area contributed by atoms with E-state index in [1.54, 1.807) is 12.5 Å². The van der Waals surface area contributed by atoms with E-state index in [0.29, 0.717) is 12.4 Å². The van der Waals surface area contributed by atoms with Crippen LogP contribution in [0.3, 0.4) is 0 Å². The summed E-state index contributed by atoms with van der Waals surface area (Å²) in [5, 5.41) is 2.98. The third kappa shape index (κ3) is 2.01. The van der Waals surface area contributed by atoms with Crippen molar-refractivity contribution >= 4 is 5.82 Å². The van der Waals surface area contributed by atoms with Crippen molar-refractivity contribution in [2.45, 2.75) is 6.54 Å². The summed E-state index contributed by atoms with van der Waals surface area (Å²) >= 11 is 0. The highest BCUT2D eigenvalue weighted by Gasteiger charge is 1.96. The Labute approximate surface area is 79.8 Å². The van der Waals surface area contributed by atoms with Crippen molar-refractivity contribution in [3.05, 3.63) is 46.9 Å². The van der Waals surface area contributed by atoms with Gasteiger partial charge in [-0.05, 0) is 12.1 Å². The van der Waals surface area contributed by atoms with Gasteiger partial charge in [0.05, 0.1) is 25.2 Å². The molecular formula is C9H9N3O2. The molecule has 5 heteroatoms. The Bertz CT molecular complexity index is 447. The maximum Gasteiger partial charge on any atom is 0.267 e. The van der Waals surface area contributed by atoms with Crippen molar-refractivity contribution in [1.29, 1.82) is 0 Å². The number of hydrogen-bond donors (Lipinski definition) is 2. The summed E-state index contributed by atoms with van der Waals surface area (Å²) in [5.41, 5.74) is -0.227. The van der Waals surface area contributed by atoms with Gasteiger partial charge in [-0.1, -0.05) is 0 Å². The second-order valence-electron chi connectivity index (χ2n) is 2.74. The minimum atomic E-state index is -0.227. The van der Waals surface area contributed by atoms with E-state index in [1.165, 1.54) is 6.20 Å². The largest absolute Gasteiger partial charge is 0.467 e. The normalized spacial score (nSPS) is 10.0. The molecule has 0 aromatic carbocycles. The molecule has 0 unspecified atom stereocenters. The van der Waals surface area contributed by atoms with Crippen molar-refractivity contribution in [1.82, 2.24) is 9.97 Å². The van der Waals surface area contributed by atoms with Gasteiger partial charge in [0.25, 0.3) is 5.56 Å². The molecule has 5 nitrogen and oxygen atoms in total. The number of hydrogen-bond acceptors (Lipinski definition) is 4. The van der Waals surface area contributed by atoms with Crippen LogP contribution in [0.25, 0.3) is 0 Å². The summed E-state index contributed by atoms with van der Waals surface area (Å²) in [6, 6.07) is 3.66. The summed E-state index contributed by atoms with van der Waals surface area (Å²) in [4.78, 5) is 17.2. The number of nitrogens with zero attached hydrogens (tertiary/aromatic N) is 1. The Balaban J connectivity index is 2.02. The van der Waals surface area contributed by atoms with E-state index in [0.717, 1.165) is 5.76 Å². The van der Waals surface area contributed by atoms with Crippen LogP contribution in [0.2, 0.25) is 0 Å². The molecule has 0 aliphatic rings. The number of H-pyrrole nitrogens is 1. The summed E-state index contributed by atoms with van der Waals surface area (Å²) in [6.45, 7) is 0.522. The Morgan fingerprint density at radius 3 is 3.14 bits per heavy atom. The van der Waals surface area contributed by atoms with Gasteiger partial charge in [-0.25, -0.2) is 0 Å². The zero-order valence-corrected chi connectivity index (χ0v) is 7.36. The van der Waals surface area contributed by atoms with Crippen LogP contribution in [0.15, 0.2) is 40.0 Å². The molecule has 0 atom stereocenters. The number of rotatable bonds is 3. The van der Waals surface area contributed by atoms with Crippen LogP contribution in [-0.4, -0.2) is 9.97 Å². The predicted octanol–water partition coefficient (Wildman–Crippen LogP) is 0.975. The monoisotopic (exact) mass is 191 g/mol. The Kier molecular flexibility index (Phi) is 2.31. The Morgan fingerprint density at radius 1 is 1.50 bits per heavy atom. The summed E-state index contributed by atoms with van der Waals surface area (Å²) in [5.74, 6) is 1.38. The van der Waals surface area contributed by atoms with Crippen molar-refractivity contribution in [3.8, 4) is 0 Å². The summed E-state index contributed by atoms with van der Waals surface area (Å²) in [7, 11) is 0. The zero-order valence-electron chi connectivity index (χ0n) is 7.36. The lowest BCUT2D eigenvalue weighted by Gasteiger charge is -2.01. The molecule has 14 heavy (non-hydrogen) atoms. The van der Waals surface area contributed by atoms with E-state index in [4.69, 9.17) is 4.42 Å². The molecule has 0 amide bonds. The van der Waals surface area contributed by atoms with Gasteiger partial charge in [0, 0.05) is 0 Å². The molecule has 0 bridgehead atoms. The van der Waals surface area contributed by atoms with Gasteiger partial charge < -0.3 is 14.7 Å². The summed E-state index contributed by atoms with van der Waals surface area (Å²) < 4.78 is 5.11. The van der Waals surface area contributed by atoms with Crippen molar-refractivity contribution < 1.29 is 4.42 Å². The third-order valence-electron chi connectivity index (χ3n) is 1.69. The Hall–Kier alpha value is -2.04. The highest BCUT2D eigenvalue weighted by atomic mass is 16.3. The van der Waals surface area contributed by atoms with Crippen LogP contribution >= 0.6 is 0 Å². The molecule has 0 saturated heterocycles. The first kappa shape index (κ1) is 8.55. The molecule has 2 aromatic rings. The molecule has 72 valence electrons. The minimum absolute atomic E-state index is 0.227. The molecule has 2 heterocycles. The molecule has 0 spiro atoms. The smallest absolute Gasteiger partial charge is 0.267 e. The molecule has 2 N–H and O–H groups in total. The van der Waals surface area contributed by atoms with Gasteiger partial charge in [0.15, 0.2) is 0 Å². The maximum absolute atomic E-state index is 10.9. The lowest BCUT2D eigenvalue weighted by Crippen LogP contribution is -2.09. The zero-order chi connectivity index (χ0) is 9.80. The number of aromatic amines is 1.